The van der Waals surface area contributed by atoms with Gasteiger partial charge in [-0.15, -0.1) is 11.8 Å². The molecule has 2 N–H and O–H groups in total. The highest BCUT2D eigenvalue weighted by molar-refractivity contribution is 8.00. The summed E-state index contributed by atoms with van der Waals surface area (Å²) in [6.45, 7) is 1.94. The lowest BCUT2D eigenvalue weighted by atomic mass is 10.3. The molecule has 76 valence electrons. The predicted molar refractivity (Wildman–Crippen MR) is 60.6 cm³/mol. The SMILES string of the molecule is CC[C@H](Sc1ccc(Cl)cc1)C(N)=O. The molecule has 1 aromatic carbocycles. The van der Waals surface area contributed by atoms with Crippen LogP contribution >= 0.6 is 23.4 Å². The van der Waals surface area contributed by atoms with Gasteiger partial charge in [0, 0.05) is 9.92 Å². The number of rotatable bonds is 4. The third-order valence-corrected chi connectivity index (χ3v) is 3.43. The van der Waals surface area contributed by atoms with Crippen molar-refractivity contribution >= 4 is 29.3 Å². The van der Waals surface area contributed by atoms with Gasteiger partial charge in [0.05, 0.1) is 5.25 Å². The van der Waals surface area contributed by atoms with Crippen molar-refractivity contribution in [1.82, 2.24) is 0 Å². The van der Waals surface area contributed by atoms with Crippen LogP contribution < -0.4 is 5.73 Å². The minimum Gasteiger partial charge on any atom is -0.369 e. The standard InChI is InChI=1S/C10H12ClNOS/c1-2-9(10(12)13)14-8-5-3-7(11)4-6-8/h3-6,9H,2H2,1H3,(H2,12,13)/t9-/m0/s1. The maximum atomic E-state index is 11.0. The number of amides is 1. The van der Waals surface area contributed by atoms with Gasteiger partial charge >= 0.3 is 0 Å². The Morgan fingerprint density at radius 1 is 1.50 bits per heavy atom. The maximum absolute atomic E-state index is 11.0. The number of halogens is 1. The van der Waals surface area contributed by atoms with E-state index in [1.807, 2.05) is 19.1 Å². The van der Waals surface area contributed by atoms with Crippen molar-refractivity contribution in [3.8, 4) is 0 Å². The van der Waals surface area contributed by atoms with Crippen molar-refractivity contribution in [2.24, 2.45) is 5.73 Å². The molecule has 2 nitrogen and oxygen atoms in total. The molecule has 0 heterocycles. The summed E-state index contributed by atoms with van der Waals surface area (Å²) < 4.78 is 0. The van der Waals surface area contributed by atoms with Crippen LogP contribution in [0.4, 0.5) is 0 Å². The van der Waals surface area contributed by atoms with Crippen LogP contribution in [0.2, 0.25) is 5.02 Å². The Kier molecular flexibility index (Phi) is 4.29. The van der Waals surface area contributed by atoms with E-state index < -0.39 is 0 Å². The fourth-order valence-electron chi connectivity index (χ4n) is 1.02. The average molecular weight is 230 g/mol. The lowest BCUT2D eigenvalue weighted by Gasteiger charge is -2.09. The number of primary amides is 1. The summed E-state index contributed by atoms with van der Waals surface area (Å²) in [4.78, 5) is 12.0. The zero-order valence-electron chi connectivity index (χ0n) is 7.87. The molecule has 0 aliphatic heterocycles. The van der Waals surface area contributed by atoms with Gasteiger partial charge in [-0.1, -0.05) is 18.5 Å². The number of hydrogen-bond donors (Lipinski definition) is 1. The molecule has 1 amide bonds. The highest BCUT2D eigenvalue weighted by Crippen LogP contribution is 2.26. The summed E-state index contributed by atoms with van der Waals surface area (Å²) in [6, 6.07) is 7.38. The quantitative estimate of drug-likeness (QED) is 0.807. The van der Waals surface area contributed by atoms with Gasteiger partial charge in [-0.3, -0.25) is 4.79 Å². The van der Waals surface area contributed by atoms with Crippen molar-refractivity contribution < 1.29 is 4.79 Å². The molecule has 1 aromatic rings. The summed E-state index contributed by atoms with van der Waals surface area (Å²) >= 11 is 7.22. The van der Waals surface area contributed by atoms with Crippen LogP contribution in [-0.4, -0.2) is 11.2 Å². The second-order valence-corrected chi connectivity index (χ2v) is 4.58. The van der Waals surface area contributed by atoms with Crippen LogP contribution in [0.15, 0.2) is 29.2 Å². The molecule has 1 rings (SSSR count). The van der Waals surface area contributed by atoms with E-state index in [0.29, 0.717) is 5.02 Å². The highest BCUT2D eigenvalue weighted by Gasteiger charge is 2.13. The molecule has 0 bridgehead atoms. The largest absolute Gasteiger partial charge is 0.369 e. The first kappa shape index (κ1) is 11.4. The van der Waals surface area contributed by atoms with E-state index in [-0.39, 0.29) is 11.2 Å². The lowest BCUT2D eigenvalue weighted by Crippen LogP contribution is -2.24. The molecule has 0 aliphatic carbocycles. The average Bonchev–Trinajstić information content (AvgIpc) is 2.16. The molecule has 14 heavy (non-hydrogen) atoms. The Labute approximate surface area is 92.8 Å². The Balaban J connectivity index is 2.67. The van der Waals surface area contributed by atoms with Gasteiger partial charge in [0.25, 0.3) is 0 Å². The van der Waals surface area contributed by atoms with Crippen LogP contribution in [0.5, 0.6) is 0 Å². The molecule has 4 heteroatoms. The van der Waals surface area contributed by atoms with Crippen LogP contribution in [0.1, 0.15) is 13.3 Å². The monoisotopic (exact) mass is 229 g/mol. The summed E-state index contributed by atoms with van der Waals surface area (Å²) in [6.07, 6.45) is 0.739. The predicted octanol–water partition coefficient (Wildman–Crippen LogP) is 2.70. The van der Waals surface area contributed by atoms with Crippen molar-refractivity contribution in [3.05, 3.63) is 29.3 Å². The fourth-order valence-corrected chi connectivity index (χ4v) is 2.05. The van der Waals surface area contributed by atoms with Gasteiger partial charge < -0.3 is 5.73 Å². The Hall–Kier alpha value is -0.670. The Morgan fingerprint density at radius 2 is 2.07 bits per heavy atom. The normalized spacial score (nSPS) is 12.4. The van der Waals surface area contributed by atoms with Crippen molar-refractivity contribution in [2.75, 3.05) is 0 Å². The highest BCUT2D eigenvalue weighted by atomic mass is 35.5. The van der Waals surface area contributed by atoms with Crippen molar-refractivity contribution in [1.29, 1.82) is 0 Å². The van der Waals surface area contributed by atoms with E-state index in [2.05, 4.69) is 0 Å². The first-order chi connectivity index (χ1) is 6.63. The number of carbonyl (C=O) groups is 1. The number of carbonyl (C=O) groups excluding carboxylic acids is 1. The lowest BCUT2D eigenvalue weighted by molar-refractivity contribution is -0.117. The van der Waals surface area contributed by atoms with Gasteiger partial charge in [-0.2, -0.15) is 0 Å². The van der Waals surface area contributed by atoms with Crippen LogP contribution in [-0.2, 0) is 4.79 Å². The van der Waals surface area contributed by atoms with E-state index in [0.717, 1.165) is 11.3 Å². The zero-order chi connectivity index (χ0) is 10.6. The molecule has 0 radical (unpaired) electrons. The number of nitrogens with two attached hydrogens (primary N) is 1. The van der Waals surface area contributed by atoms with Gasteiger partial charge in [0.1, 0.15) is 0 Å². The third kappa shape index (κ3) is 3.24. The zero-order valence-corrected chi connectivity index (χ0v) is 9.44. The van der Waals surface area contributed by atoms with Gasteiger partial charge in [-0.05, 0) is 30.7 Å². The second-order valence-electron chi connectivity index (χ2n) is 2.87. The Bertz CT molecular complexity index is 312. The van der Waals surface area contributed by atoms with E-state index in [9.17, 15) is 4.79 Å². The first-order valence-electron chi connectivity index (χ1n) is 4.35. The third-order valence-electron chi connectivity index (χ3n) is 1.78. The molecule has 0 fully saturated rings. The minimum absolute atomic E-state index is 0.156. The van der Waals surface area contributed by atoms with Crippen LogP contribution in [0.3, 0.4) is 0 Å². The molecule has 0 aromatic heterocycles. The number of hydrogen-bond acceptors (Lipinski definition) is 2. The molecular weight excluding hydrogens is 218 g/mol. The minimum atomic E-state index is -0.271. The topological polar surface area (TPSA) is 43.1 Å². The molecule has 0 aliphatic rings. The van der Waals surface area contributed by atoms with E-state index in [1.54, 1.807) is 12.1 Å². The Morgan fingerprint density at radius 3 is 2.50 bits per heavy atom. The molecule has 0 unspecified atom stereocenters. The molecule has 0 saturated carbocycles. The van der Waals surface area contributed by atoms with Gasteiger partial charge in [0.2, 0.25) is 5.91 Å². The van der Waals surface area contributed by atoms with E-state index in [4.69, 9.17) is 17.3 Å². The molecule has 0 saturated heterocycles. The van der Waals surface area contributed by atoms with Gasteiger partial charge in [-0.25, -0.2) is 0 Å². The summed E-state index contributed by atoms with van der Waals surface area (Å²) in [5, 5.41) is 0.539. The van der Waals surface area contributed by atoms with Crippen LogP contribution in [0, 0.1) is 0 Å². The first-order valence-corrected chi connectivity index (χ1v) is 5.60. The summed E-state index contributed by atoms with van der Waals surface area (Å²) in [7, 11) is 0. The fraction of sp³-hybridized carbons (Fsp3) is 0.300. The second kappa shape index (κ2) is 5.27. The summed E-state index contributed by atoms with van der Waals surface area (Å²) in [5.41, 5.74) is 5.24. The van der Waals surface area contributed by atoms with Crippen molar-refractivity contribution in [3.63, 3.8) is 0 Å². The maximum Gasteiger partial charge on any atom is 0.230 e. The number of thioether (sulfide) groups is 1. The van der Waals surface area contributed by atoms with E-state index >= 15 is 0 Å². The van der Waals surface area contributed by atoms with Crippen molar-refractivity contribution in [2.45, 2.75) is 23.5 Å². The molecular formula is C10H12ClNOS. The smallest absolute Gasteiger partial charge is 0.230 e. The molecule has 1 atom stereocenters. The number of benzene rings is 1. The summed E-state index contributed by atoms with van der Waals surface area (Å²) in [5.74, 6) is -0.271. The van der Waals surface area contributed by atoms with Gasteiger partial charge in [0.15, 0.2) is 0 Å². The molecule has 0 spiro atoms. The van der Waals surface area contributed by atoms with E-state index in [1.165, 1.54) is 11.8 Å². The van der Waals surface area contributed by atoms with Crippen LogP contribution in [0.25, 0.3) is 0 Å².